The molecule has 4 rings (SSSR count). The first-order valence-electron chi connectivity index (χ1n) is 15.4. The van der Waals surface area contributed by atoms with E-state index in [2.05, 4.69) is 10.3 Å². The molecular formula is C32H48N6O6. The number of β-amino-alcohol motifs (C(OH)–C–C–N with tert-alkyl or cyclic N) is 1. The summed E-state index contributed by atoms with van der Waals surface area (Å²) in [6, 6.07) is 3.17. The second kappa shape index (κ2) is 13.1. The number of carbonyl (C=O) groups excluding carboxylic acids is 3. The van der Waals surface area contributed by atoms with Gasteiger partial charge >= 0.3 is 6.09 Å². The summed E-state index contributed by atoms with van der Waals surface area (Å²) in [5.41, 5.74) is -0.775. The molecule has 0 aromatic carbocycles. The van der Waals surface area contributed by atoms with E-state index in [1.54, 1.807) is 49.1 Å². The van der Waals surface area contributed by atoms with Crippen molar-refractivity contribution in [2.24, 2.45) is 11.8 Å². The SMILES string of the molecule is CC(C)CN(C(=O)c1cnc(C(C)(C)C)nc1NCc1ccco1)[C@H]1C[C@H](C(=O)N2CC(O)C2)CN(C(=O)OC(C)(C)C)C1. The Balaban J connectivity index is 1.68. The standard InChI is InChI=1S/C32H48N6O6/c1-20(2)15-38(28(41)25-14-34-29(31(3,4)5)35-26(25)33-13-24-10-9-11-43-24)22-12-21(27(40)36-18-23(39)19-36)16-37(17-22)30(42)44-32(6,7)8/h9-11,14,20-23,39H,12-13,15-19H2,1-8H3,(H,33,34,35)/t21-,22-/m0/s1. The van der Waals surface area contributed by atoms with Gasteiger partial charge in [0.15, 0.2) is 0 Å². The van der Waals surface area contributed by atoms with Crippen LogP contribution in [0.15, 0.2) is 29.0 Å². The van der Waals surface area contributed by atoms with Crippen LogP contribution in [0, 0.1) is 11.8 Å². The highest BCUT2D eigenvalue weighted by Gasteiger charge is 2.43. The van der Waals surface area contributed by atoms with Gasteiger partial charge in [0, 0.05) is 44.3 Å². The normalized spacial score (nSPS) is 19.5. The van der Waals surface area contributed by atoms with Crippen LogP contribution in [0.3, 0.4) is 0 Å². The Morgan fingerprint density at radius 1 is 1.11 bits per heavy atom. The number of aliphatic hydroxyl groups excluding tert-OH is 1. The van der Waals surface area contributed by atoms with E-state index >= 15 is 0 Å². The molecule has 0 bridgehead atoms. The molecule has 4 heterocycles. The van der Waals surface area contributed by atoms with Crippen LogP contribution in [0.1, 0.15) is 83.8 Å². The van der Waals surface area contributed by atoms with Gasteiger partial charge in [-0.15, -0.1) is 0 Å². The largest absolute Gasteiger partial charge is 0.467 e. The third-order valence-electron chi connectivity index (χ3n) is 7.57. The summed E-state index contributed by atoms with van der Waals surface area (Å²) in [6.45, 7) is 17.1. The fraction of sp³-hybridized carbons (Fsp3) is 0.656. The zero-order valence-electron chi connectivity index (χ0n) is 27.3. The number of aliphatic hydroxyl groups is 1. The number of amides is 3. The van der Waals surface area contributed by atoms with Gasteiger partial charge in [0.1, 0.15) is 28.6 Å². The molecule has 2 aromatic rings. The summed E-state index contributed by atoms with van der Waals surface area (Å²) in [4.78, 5) is 55.5. The highest BCUT2D eigenvalue weighted by molar-refractivity contribution is 5.98. The lowest BCUT2D eigenvalue weighted by Gasteiger charge is -2.45. The van der Waals surface area contributed by atoms with E-state index in [0.29, 0.717) is 42.5 Å². The molecule has 0 spiro atoms. The minimum absolute atomic E-state index is 0.102. The van der Waals surface area contributed by atoms with Crippen LogP contribution in [-0.2, 0) is 21.5 Å². The number of aromatic nitrogens is 2. The average molecular weight is 613 g/mol. The minimum atomic E-state index is -0.723. The van der Waals surface area contributed by atoms with Crippen molar-refractivity contribution >= 4 is 23.7 Å². The summed E-state index contributed by atoms with van der Waals surface area (Å²) in [5, 5.41) is 13.1. The average Bonchev–Trinajstić information content (AvgIpc) is 3.44. The molecule has 0 unspecified atom stereocenters. The van der Waals surface area contributed by atoms with Gasteiger partial charge in [0.25, 0.3) is 5.91 Å². The van der Waals surface area contributed by atoms with Crippen molar-refractivity contribution in [1.82, 2.24) is 24.7 Å². The fourth-order valence-corrected chi connectivity index (χ4v) is 5.41. The van der Waals surface area contributed by atoms with Crippen LogP contribution in [0.2, 0.25) is 0 Å². The lowest BCUT2D eigenvalue weighted by molar-refractivity contribution is -0.148. The lowest BCUT2D eigenvalue weighted by atomic mass is 9.90. The van der Waals surface area contributed by atoms with Gasteiger partial charge in [-0.2, -0.15) is 0 Å². The van der Waals surface area contributed by atoms with E-state index < -0.39 is 29.8 Å². The predicted molar refractivity (Wildman–Crippen MR) is 165 cm³/mol. The molecule has 44 heavy (non-hydrogen) atoms. The highest BCUT2D eigenvalue weighted by atomic mass is 16.6. The molecule has 0 saturated carbocycles. The summed E-state index contributed by atoms with van der Waals surface area (Å²) in [7, 11) is 0. The number of ether oxygens (including phenoxy) is 1. The molecular weight excluding hydrogens is 564 g/mol. The molecule has 2 saturated heterocycles. The van der Waals surface area contributed by atoms with Crippen molar-refractivity contribution in [3.8, 4) is 0 Å². The minimum Gasteiger partial charge on any atom is -0.467 e. The maximum absolute atomic E-state index is 14.5. The van der Waals surface area contributed by atoms with E-state index in [0.717, 1.165) is 0 Å². The Morgan fingerprint density at radius 3 is 2.39 bits per heavy atom. The summed E-state index contributed by atoms with van der Waals surface area (Å²) < 4.78 is 11.2. The smallest absolute Gasteiger partial charge is 0.410 e. The molecule has 0 aliphatic carbocycles. The molecule has 2 N–H and O–H groups in total. The van der Waals surface area contributed by atoms with Gasteiger partial charge in [-0.3, -0.25) is 9.59 Å². The molecule has 12 heteroatoms. The van der Waals surface area contributed by atoms with Crippen molar-refractivity contribution in [1.29, 1.82) is 0 Å². The highest BCUT2D eigenvalue weighted by Crippen LogP contribution is 2.30. The molecule has 3 amide bonds. The van der Waals surface area contributed by atoms with E-state index in [9.17, 15) is 19.5 Å². The Kier molecular flexibility index (Phi) is 9.92. The van der Waals surface area contributed by atoms with Crippen molar-refractivity contribution in [3.05, 3.63) is 41.7 Å². The number of nitrogens with zero attached hydrogens (tertiary/aromatic N) is 5. The van der Waals surface area contributed by atoms with E-state index in [1.807, 2.05) is 40.7 Å². The predicted octanol–water partition coefficient (Wildman–Crippen LogP) is 3.91. The number of piperidine rings is 1. The van der Waals surface area contributed by atoms with Gasteiger partial charge in [-0.05, 0) is 45.2 Å². The number of hydrogen-bond acceptors (Lipinski definition) is 9. The number of furan rings is 1. The zero-order valence-corrected chi connectivity index (χ0v) is 27.3. The number of hydrogen-bond donors (Lipinski definition) is 2. The molecule has 2 atom stereocenters. The van der Waals surface area contributed by atoms with Crippen LogP contribution in [0.5, 0.6) is 0 Å². The summed E-state index contributed by atoms with van der Waals surface area (Å²) in [6.07, 6.45) is 2.46. The van der Waals surface area contributed by atoms with Crippen LogP contribution in [0.4, 0.5) is 10.6 Å². The van der Waals surface area contributed by atoms with Crippen molar-refractivity contribution in [2.75, 3.05) is 38.0 Å². The maximum atomic E-state index is 14.5. The lowest BCUT2D eigenvalue weighted by Crippen LogP contribution is -2.61. The summed E-state index contributed by atoms with van der Waals surface area (Å²) in [5.74, 6) is 0.796. The Labute approximate surface area is 260 Å². The maximum Gasteiger partial charge on any atom is 0.410 e. The van der Waals surface area contributed by atoms with E-state index in [-0.39, 0.29) is 49.3 Å². The van der Waals surface area contributed by atoms with E-state index in [4.69, 9.17) is 14.1 Å². The molecule has 2 aliphatic rings. The number of nitrogens with one attached hydrogen (secondary N) is 1. The van der Waals surface area contributed by atoms with E-state index in [1.165, 1.54) is 4.90 Å². The van der Waals surface area contributed by atoms with Gasteiger partial charge in [-0.1, -0.05) is 34.6 Å². The molecule has 0 radical (unpaired) electrons. The van der Waals surface area contributed by atoms with Crippen LogP contribution < -0.4 is 5.32 Å². The third-order valence-corrected chi connectivity index (χ3v) is 7.57. The number of carbonyl (C=O) groups is 3. The Morgan fingerprint density at radius 2 is 1.82 bits per heavy atom. The quantitative estimate of drug-likeness (QED) is 0.454. The number of rotatable bonds is 8. The third kappa shape index (κ3) is 8.28. The molecule has 2 fully saturated rings. The second-order valence-corrected chi connectivity index (χ2v) is 14.4. The van der Waals surface area contributed by atoms with Crippen LogP contribution in [0.25, 0.3) is 0 Å². The summed E-state index contributed by atoms with van der Waals surface area (Å²) >= 11 is 0. The van der Waals surface area contributed by atoms with Crippen molar-refractivity contribution in [2.45, 2.75) is 91.5 Å². The Bertz CT molecular complexity index is 1310. The van der Waals surface area contributed by atoms with Crippen molar-refractivity contribution < 1.29 is 28.6 Å². The number of anilines is 1. The van der Waals surface area contributed by atoms with Crippen LogP contribution in [-0.4, -0.2) is 98.2 Å². The van der Waals surface area contributed by atoms with Gasteiger partial charge in [0.05, 0.1) is 30.9 Å². The van der Waals surface area contributed by atoms with Gasteiger partial charge < -0.3 is 34.3 Å². The molecule has 2 aliphatic heterocycles. The van der Waals surface area contributed by atoms with Crippen LogP contribution >= 0.6 is 0 Å². The Hall–Kier alpha value is -3.67. The van der Waals surface area contributed by atoms with Gasteiger partial charge in [-0.25, -0.2) is 14.8 Å². The van der Waals surface area contributed by atoms with Gasteiger partial charge in [0.2, 0.25) is 5.91 Å². The first kappa shape index (κ1) is 33.2. The molecule has 2 aromatic heterocycles. The molecule has 242 valence electrons. The second-order valence-electron chi connectivity index (χ2n) is 14.4. The van der Waals surface area contributed by atoms with Crippen molar-refractivity contribution in [3.63, 3.8) is 0 Å². The molecule has 12 nitrogen and oxygen atoms in total. The first-order valence-corrected chi connectivity index (χ1v) is 15.4. The monoisotopic (exact) mass is 612 g/mol. The topological polar surface area (TPSA) is 141 Å². The first-order chi connectivity index (χ1) is 20.5. The zero-order chi connectivity index (χ0) is 32.4. The number of likely N-dealkylation sites (tertiary alicyclic amines) is 2. The fourth-order valence-electron chi connectivity index (χ4n) is 5.41.